The van der Waals surface area contributed by atoms with Crippen LogP contribution in [-0.4, -0.2) is 52.5 Å². The molecule has 5 aliphatic carbocycles. The van der Waals surface area contributed by atoms with Crippen molar-refractivity contribution in [2.75, 3.05) is 0 Å². The zero-order chi connectivity index (χ0) is 28.8. The van der Waals surface area contributed by atoms with Crippen molar-refractivity contribution < 1.29 is 29.2 Å². The summed E-state index contributed by atoms with van der Waals surface area (Å²) in [6.07, 6.45) is 8.47. The quantitative estimate of drug-likeness (QED) is 0.332. The average molecular weight is 559 g/mol. The van der Waals surface area contributed by atoms with Crippen molar-refractivity contribution in [2.45, 2.75) is 149 Å². The van der Waals surface area contributed by atoms with Gasteiger partial charge in [-0.25, -0.2) is 0 Å². The molecule has 0 aromatic heterocycles. The lowest BCUT2D eigenvalue weighted by molar-refractivity contribution is -0.246. The predicted octanol–water partition coefficient (Wildman–Crippen LogP) is 5.87. The molecule has 0 radical (unpaired) electrons. The molecule has 40 heavy (non-hydrogen) atoms. The van der Waals surface area contributed by atoms with Gasteiger partial charge in [0.2, 0.25) is 0 Å². The van der Waals surface area contributed by atoms with Gasteiger partial charge in [-0.3, -0.25) is 4.79 Å². The van der Waals surface area contributed by atoms with Gasteiger partial charge in [-0.05, 0) is 106 Å². The van der Waals surface area contributed by atoms with Crippen LogP contribution in [0.2, 0.25) is 0 Å². The molecule has 226 valence electrons. The number of esters is 1. The monoisotopic (exact) mass is 558 g/mol. The Balaban J connectivity index is 1.15. The fraction of sp³-hybridized carbons (Fsp3) is 0.971. The third kappa shape index (κ3) is 3.29. The molecule has 2 heterocycles. The van der Waals surface area contributed by atoms with Crippen LogP contribution in [0.4, 0.5) is 0 Å². The van der Waals surface area contributed by atoms with Crippen LogP contribution >= 0.6 is 0 Å². The molecule has 2 N–H and O–H groups in total. The van der Waals surface area contributed by atoms with Gasteiger partial charge in [-0.1, -0.05) is 41.5 Å². The third-order valence-electron chi connectivity index (χ3n) is 14.9. The largest absolute Gasteiger partial charge is 0.462 e. The Hall–Kier alpha value is -0.690. The Morgan fingerprint density at radius 1 is 0.925 bits per heavy atom. The molecule has 7 fully saturated rings. The van der Waals surface area contributed by atoms with Crippen molar-refractivity contribution in [3.8, 4) is 0 Å². The molecular formula is C34H54O6. The summed E-state index contributed by atoms with van der Waals surface area (Å²) in [5.41, 5.74) is 0.0853. The second-order valence-electron chi connectivity index (χ2n) is 17.3. The van der Waals surface area contributed by atoms with E-state index in [-0.39, 0.29) is 74.9 Å². The first-order valence-electron chi connectivity index (χ1n) is 16.4. The van der Waals surface area contributed by atoms with Gasteiger partial charge in [0.1, 0.15) is 12.2 Å². The fourth-order valence-electron chi connectivity index (χ4n) is 12.8. The van der Waals surface area contributed by atoms with Gasteiger partial charge in [0, 0.05) is 16.7 Å². The summed E-state index contributed by atoms with van der Waals surface area (Å²) in [6.45, 7) is 17.6. The van der Waals surface area contributed by atoms with E-state index in [9.17, 15) is 15.0 Å². The lowest BCUT2D eigenvalue weighted by atomic mass is 9.37. The van der Waals surface area contributed by atoms with E-state index in [1.54, 1.807) is 0 Å². The highest BCUT2D eigenvalue weighted by atomic mass is 16.7. The highest BCUT2D eigenvalue weighted by molar-refractivity contribution is 5.71. The van der Waals surface area contributed by atoms with Gasteiger partial charge >= 0.3 is 5.97 Å². The van der Waals surface area contributed by atoms with Crippen LogP contribution in [0.1, 0.15) is 113 Å². The number of carbonyl (C=O) groups is 1. The Morgan fingerprint density at radius 2 is 1.62 bits per heavy atom. The highest BCUT2D eigenvalue weighted by Crippen LogP contribution is 2.91. The zero-order valence-electron chi connectivity index (χ0n) is 26.2. The number of carbonyl (C=O) groups excluding carboxylic acids is 1. The van der Waals surface area contributed by atoms with Crippen LogP contribution in [0.3, 0.4) is 0 Å². The van der Waals surface area contributed by atoms with Crippen molar-refractivity contribution in [3.63, 3.8) is 0 Å². The van der Waals surface area contributed by atoms with Gasteiger partial charge in [-0.15, -0.1) is 0 Å². The summed E-state index contributed by atoms with van der Waals surface area (Å²) in [7, 11) is 0. The molecule has 7 aliphatic rings. The Morgan fingerprint density at radius 3 is 2.27 bits per heavy atom. The standard InChI is InChI=1S/C34H54O6/c1-18(2)27(36)39-25-11-12-31(7)22-10-13-33-17-34(33,32(22,8)24(35)16-23(31)29(25,3)4)14-9-20(33)19-15-21(38-28(19)37)26-30(5,6)40-26/h18-26,28,35,37H,9-17H2,1-8H3. The topological polar surface area (TPSA) is 88.5 Å². The Bertz CT molecular complexity index is 1080. The van der Waals surface area contributed by atoms with Crippen LogP contribution < -0.4 is 0 Å². The Kier molecular flexibility index (Phi) is 5.81. The summed E-state index contributed by atoms with van der Waals surface area (Å²) in [4.78, 5) is 12.6. The molecule has 13 atom stereocenters. The second kappa shape index (κ2) is 8.27. The number of ether oxygens (including phenoxy) is 3. The van der Waals surface area contributed by atoms with Crippen LogP contribution in [0.5, 0.6) is 0 Å². The van der Waals surface area contributed by atoms with Crippen molar-refractivity contribution in [2.24, 2.45) is 56.7 Å². The van der Waals surface area contributed by atoms with Gasteiger partial charge in [0.25, 0.3) is 0 Å². The average Bonchev–Trinajstić information content (AvgIpc) is 3.62. The van der Waals surface area contributed by atoms with E-state index in [2.05, 4.69) is 41.5 Å². The number of hydrogen-bond acceptors (Lipinski definition) is 6. The molecule has 6 heteroatoms. The van der Waals surface area contributed by atoms with E-state index in [0.717, 1.165) is 38.5 Å². The molecule has 6 nitrogen and oxygen atoms in total. The molecule has 2 aliphatic heterocycles. The molecule has 0 amide bonds. The van der Waals surface area contributed by atoms with E-state index in [0.29, 0.717) is 17.8 Å². The molecule has 2 saturated heterocycles. The molecule has 0 aromatic carbocycles. The summed E-state index contributed by atoms with van der Waals surface area (Å²) in [5, 5.41) is 23.4. The summed E-state index contributed by atoms with van der Waals surface area (Å²) in [5.74, 6) is 1.19. The molecule has 7 rings (SSSR count). The lowest BCUT2D eigenvalue weighted by Gasteiger charge is -2.68. The van der Waals surface area contributed by atoms with Crippen molar-refractivity contribution >= 4 is 5.97 Å². The molecule has 5 saturated carbocycles. The SMILES string of the molecule is CC(C)C(=O)OC1CCC2(C)C(CC(O)C3(C)C2CCC24CC23CCC4C2CC(C3OC3(C)C)OC2O)C1(C)C. The highest BCUT2D eigenvalue weighted by Gasteiger charge is 2.86. The summed E-state index contributed by atoms with van der Waals surface area (Å²) in [6, 6.07) is 0. The fourth-order valence-corrected chi connectivity index (χ4v) is 12.8. The van der Waals surface area contributed by atoms with E-state index in [1.807, 2.05) is 13.8 Å². The van der Waals surface area contributed by atoms with Crippen LogP contribution in [0.15, 0.2) is 0 Å². The van der Waals surface area contributed by atoms with E-state index < -0.39 is 6.29 Å². The van der Waals surface area contributed by atoms with Crippen molar-refractivity contribution in [1.29, 1.82) is 0 Å². The first kappa shape index (κ1) is 28.1. The zero-order valence-corrected chi connectivity index (χ0v) is 26.2. The van der Waals surface area contributed by atoms with E-state index in [4.69, 9.17) is 14.2 Å². The van der Waals surface area contributed by atoms with Crippen molar-refractivity contribution in [1.82, 2.24) is 0 Å². The first-order valence-corrected chi connectivity index (χ1v) is 16.4. The number of aliphatic hydroxyl groups excluding tert-OH is 2. The normalized spacial score (nSPS) is 57.0. The minimum Gasteiger partial charge on any atom is -0.462 e. The first-order chi connectivity index (χ1) is 18.5. The van der Waals surface area contributed by atoms with Gasteiger partial charge in [-0.2, -0.15) is 0 Å². The van der Waals surface area contributed by atoms with Crippen LogP contribution in [-0.2, 0) is 19.0 Å². The maximum absolute atomic E-state index is 12.6. The predicted molar refractivity (Wildman–Crippen MR) is 151 cm³/mol. The molecule has 13 unspecified atom stereocenters. The summed E-state index contributed by atoms with van der Waals surface area (Å²) < 4.78 is 18.2. The van der Waals surface area contributed by atoms with Crippen LogP contribution in [0, 0.1) is 56.7 Å². The van der Waals surface area contributed by atoms with E-state index in [1.165, 1.54) is 19.3 Å². The smallest absolute Gasteiger partial charge is 0.308 e. The van der Waals surface area contributed by atoms with Crippen LogP contribution in [0.25, 0.3) is 0 Å². The molecule has 0 spiro atoms. The van der Waals surface area contributed by atoms with E-state index >= 15 is 0 Å². The van der Waals surface area contributed by atoms with Gasteiger partial charge in [0.15, 0.2) is 6.29 Å². The number of aliphatic hydroxyl groups is 2. The molecule has 0 aromatic rings. The lowest BCUT2D eigenvalue weighted by Crippen LogP contribution is -2.66. The number of rotatable bonds is 4. The minimum absolute atomic E-state index is 0.00534. The Labute approximate surface area is 241 Å². The van der Waals surface area contributed by atoms with Gasteiger partial charge < -0.3 is 24.4 Å². The van der Waals surface area contributed by atoms with Gasteiger partial charge in [0.05, 0.1) is 23.7 Å². The second-order valence-corrected chi connectivity index (χ2v) is 17.3. The number of hydrogen-bond donors (Lipinski definition) is 2. The molecule has 0 bridgehead atoms. The maximum atomic E-state index is 12.6. The maximum Gasteiger partial charge on any atom is 0.308 e. The number of epoxide rings is 1. The summed E-state index contributed by atoms with van der Waals surface area (Å²) >= 11 is 0. The minimum atomic E-state index is -0.700. The van der Waals surface area contributed by atoms with Crippen molar-refractivity contribution in [3.05, 3.63) is 0 Å². The number of fused-ring (bicyclic) bond motifs is 3. The molecular weight excluding hydrogens is 504 g/mol. The third-order valence-corrected chi connectivity index (χ3v) is 14.9.